The van der Waals surface area contributed by atoms with Gasteiger partial charge in [0.05, 0.1) is 24.8 Å². The van der Waals surface area contributed by atoms with E-state index in [0.717, 1.165) is 19.2 Å². The van der Waals surface area contributed by atoms with Gasteiger partial charge in [-0.1, -0.05) is 12.2 Å². The van der Waals surface area contributed by atoms with E-state index in [0.29, 0.717) is 0 Å². The summed E-state index contributed by atoms with van der Waals surface area (Å²) < 4.78 is 47.9. The van der Waals surface area contributed by atoms with Gasteiger partial charge < -0.3 is 15.2 Å². The van der Waals surface area contributed by atoms with E-state index in [1.807, 2.05) is 0 Å². The zero-order chi connectivity index (χ0) is 15.3. The number of ether oxygens (including phenoxy) is 2. The van der Waals surface area contributed by atoms with Crippen LogP contribution in [0.1, 0.15) is 21.5 Å². The number of benzene rings is 1. The van der Waals surface area contributed by atoms with Gasteiger partial charge in [0, 0.05) is 12.8 Å². The zero-order valence-corrected chi connectivity index (χ0v) is 11.0. The highest BCUT2D eigenvalue weighted by Gasteiger charge is 2.34. The van der Waals surface area contributed by atoms with Crippen molar-refractivity contribution in [2.75, 3.05) is 26.6 Å². The minimum Gasteiger partial charge on any atom is -0.465 e. The minimum atomic E-state index is -4.57. The number of hydrogen-bond acceptors (Lipinski definition) is 4. The van der Waals surface area contributed by atoms with Crippen molar-refractivity contribution in [3.05, 3.63) is 34.9 Å². The number of carbonyl (C=O) groups excluding carboxylic acids is 1. The molecule has 0 aliphatic heterocycles. The van der Waals surface area contributed by atoms with E-state index < -0.39 is 17.7 Å². The Hall–Kier alpha value is -2.02. The van der Waals surface area contributed by atoms with E-state index in [1.165, 1.54) is 19.3 Å². The van der Waals surface area contributed by atoms with Gasteiger partial charge in [0.1, 0.15) is 0 Å². The molecule has 0 amide bonds. The highest BCUT2D eigenvalue weighted by molar-refractivity contribution is 5.96. The molecule has 0 aliphatic rings. The summed E-state index contributed by atoms with van der Waals surface area (Å²) in [6.07, 6.45) is -1.95. The molecule has 0 spiro atoms. The van der Waals surface area contributed by atoms with E-state index in [2.05, 4.69) is 4.74 Å². The van der Waals surface area contributed by atoms with Crippen molar-refractivity contribution in [2.24, 2.45) is 0 Å². The van der Waals surface area contributed by atoms with Crippen LogP contribution in [0, 0.1) is 0 Å². The van der Waals surface area contributed by atoms with Crippen molar-refractivity contribution in [2.45, 2.75) is 6.18 Å². The van der Waals surface area contributed by atoms with Gasteiger partial charge in [-0.25, -0.2) is 4.79 Å². The van der Waals surface area contributed by atoms with E-state index >= 15 is 0 Å². The maximum atomic E-state index is 12.9. The van der Waals surface area contributed by atoms with Crippen LogP contribution >= 0.6 is 0 Å². The molecule has 1 rings (SSSR count). The van der Waals surface area contributed by atoms with Crippen molar-refractivity contribution in [3.8, 4) is 0 Å². The number of anilines is 1. The summed E-state index contributed by atoms with van der Waals surface area (Å²) >= 11 is 0. The summed E-state index contributed by atoms with van der Waals surface area (Å²) in [5.74, 6) is -0.794. The van der Waals surface area contributed by atoms with E-state index in [9.17, 15) is 18.0 Å². The molecule has 4 nitrogen and oxygen atoms in total. The minimum absolute atomic E-state index is 0.113. The van der Waals surface area contributed by atoms with E-state index in [4.69, 9.17) is 10.5 Å². The van der Waals surface area contributed by atoms with Gasteiger partial charge >= 0.3 is 12.1 Å². The Morgan fingerprint density at radius 2 is 2.00 bits per heavy atom. The van der Waals surface area contributed by atoms with Crippen LogP contribution < -0.4 is 5.73 Å². The Labute approximate surface area is 114 Å². The Balaban J connectivity index is 3.38. The van der Waals surface area contributed by atoms with Crippen LogP contribution in [0.15, 0.2) is 18.2 Å². The predicted molar refractivity (Wildman–Crippen MR) is 68.1 cm³/mol. The summed E-state index contributed by atoms with van der Waals surface area (Å²) in [6, 6.07) is 1.77. The van der Waals surface area contributed by atoms with Crippen LogP contribution in [-0.2, 0) is 15.7 Å². The number of carbonyl (C=O) groups is 1. The summed E-state index contributed by atoms with van der Waals surface area (Å²) in [6.45, 7) is 0.148. The summed E-state index contributed by atoms with van der Waals surface area (Å²) in [5.41, 5.74) is 3.97. The molecule has 0 aliphatic carbocycles. The average Bonchev–Trinajstić information content (AvgIpc) is 2.38. The molecule has 0 heterocycles. The second-order valence-corrected chi connectivity index (χ2v) is 3.87. The Kier molecular flexibility index (Phi) is 5.15. The lowest BCUT2D eigenvalue weighted by Gasteiger charge is -2.13. The lowest BCUT2D eigenvalue weighted by atomic mass is 10.0. The van der Waals surface area contributed by atoms with Gasteiger partial charge in [0.2, 0.25) is 0 Å². The SMILES string of the molecule is COCC=Cc1cc(C(=O)OC)c(N)cc1C(F)(F)F. The third-order valence-electron chi connectivity index (χ3n) is 2.49. The van der Waals surface area contributed by atoms with Gasteiger partial charge in [0.25, 0.3) is 0 Å². The van der Waals surface area contributed by atoms with Gasteiger partial charge in [-0.2, -0.15) is 13.2 Å². The summed E-state index contributed by atoms with van der Waals surface area (Å²) in [7, 11) is 2.54. The first-order chi connectivity index (χ1) is 9.31. The van der Waals surface area contributed by atoms with Crippen LogP contribution in [0.2, 0.25) is 0 Å². The molecule has 0 unspecified atom stereocenters. The molecule has 20 heavy (non-hydrogen) atoms. The molecule has 0 aromatic heterocycles. The first-order valence-corrected chi connectivity index (χ1v) is 5.55. The molecule has 1 aromatic rings. The topological polar surface area (TPSA) is 61.5 Å². The Morgan fingerprint density at radius 1 is 1.35 bits per heavy atom. The standard InChI is InChI=1S/C13H14F3NO3/c1-19-5-3-4-8-6-9(12(18)20-2)11(17)7-10(8)13(14,15)16/h3-4,6-7H,5,17H2,1-2H3. The van der Waals surface area contributed by atoms with Crippen molar-refractivity contribution >= 4 is 17.7 Å². The van der Waals surface area contributed by atoms with Gasteiger partial charge in [-0.3, -0.25) is 0 Å². The third-order valence-corrected chi connectivity index (χ3v) is 2.49. The quantitative estimate of drug-likeness (QED) is 0.684. The van der Waals surface area contributed by atoms with E-state index in [1.54, 1.807) is 0 Å². The van der Waals surface area contributed by atoms with Crippen LogP contribution in [0.4, 0.5) is 18.9 Å². The zero-order valence-electron chi connectivity index (χ0n) is 11.0. The smallest absolute Gasteiger partial charge is 0.417 e. The molecule has 0 radical (unpaired) electrons. The Morgan fingerprint density at radius 3 is 2.50 bits per heavy atom. The summed E-state index contributed by atoms with van der Waals surface area (Å²) in [4.78, 5) is 11.4. The first kappa shape index (κ1) is 16.0. The largest absolute Gasteiger partial charge is 0.465 e. The van der Waals surface area contributed by atoms with Crippen LogP contribution in [0.25, 0.3) is 6.08 Å². The monoisotopic (exact) mass is 289 g/mol. The maximum Gasteiger partial charge on any atom is 0.417 e. The van der Waals surface area contributed by atoms with Crippen molar-refractivity contribution in [1.82, 2.24) is 0 Å². The molecule has 0 saturated heterocycles. The molecule has 0 atom stereocenters. The van der Waals surface area contributed by atoms with Crippen molar-refractivity contribution < 1.29 is 27.4 Å². The lowest BCUT2D eigenvalue weighted by molar-refractivity contribution is -0.137. The Bertz CT molecular complexity index is 524. The number of alkyl halides is 3. The second kappa shape index (κ2) is 6.42. The first-order valence-electron chi connectivity index (χ1n) is 5.55. The molecular weight excluding hydrogens is 275 g/mol. The van der Waals surface area contributed by atoms with Crippen molar-refractivity contribution in [3.63, 3.8) is 0 Å². The number of halogens is 3. The number of methoxy groups -OCH3 is 2. The number of rotatable bonds is 4. The summed E-state index contributed by atoms with van der Waals surface area (Å²) in [5, 5.41) is 0. The highest BCUT2D eigenvalue weighted by Crippen LogP contribution is 2.35. The van der Waals surface area contributed by atoms with E-state index in [-0.39, 0.29) is 23.4 Å². The van der Waals surface area contributed by atoms with Gasteiger partial charge in [-0.05, 0) is 17.7 Å². The number of nitrogens with two attached hydrogens (primary N) is 1. The van der Waals surface area contributed by atoms with Crippen LogP contribution in [-0.4, -0.2) is 26.8 Å². The molecule has 2 N–H and O–H groups in total. The molecule has 110 valence electrons. The molecule has 1 aromatic carbocycles. The van der Waals surface area contributed by atoms with Crippen molar-refractivity contribution in [1.29, 1.82) is 0 Å². The third kappa shape index (κ3) is 3.74. The molecule has 0 fully saturated rings. The number of nitrogen functional groups attached to an aromatic ring is 1. The lowest BCUT2D eigenvalue weighted by Crippen LogP contribution is -2.12. The molecule has 0 saturated carbocycles. The second-order valence-electron chi connectivity index (χ2n) is 3.87. The van der Waals surface area contributed by atoms with Gasteiger partial charge in [-0.15, -0.1) is 0 Å². The normalized spacial score (nSPS) is 11.8. The molecule has 7 heteroatoms. The fourth-order valence-corrected chi connectivity index (χ4v) is 1.57. The fourth-order valence-electron chi connectivity index (χ4n) is 1.57. The van der Waals surface area contributed by atoms with Crippen LogP contribution in [0.5, 0.6) is 0 Å². The van der Waals surface area contributed by atoms with Crippen LogP contribution in [0.3, 0.4) is 0 Å². The van der Waals surface area contributed by atoms with Gasteiger partial charge in [0.15, 0.2) is 0 Å². The predicted octanol–water partition coefficient (Wildman–Crippen LogP) is 2.73. The molecular formula is C13H14F3NO3. The average molecular weight is 289 g/mol. The highest BCUT2D eigenvalue weighted by atomic mass is 19.4. The fraction of sp³-hybridized carbons (Fsp3) is 0.308. The molecule has 0 bridgehead atoms. The number of esters is 1. The maximum absolute atomic E-state index is 12.9. The number of hydrogen-bond donors (Lipinski definition) is 1.